The zero-order chi connectivity index (χ0) is 26.8. The van der Waals surface area contributed by atoms with Crippen molar-refractivity contribution in [3.05, 3.63) is 107 Å². The van der Waals surface area contributed by atoms with E-state index in [9.17, 15) is 9.59 Å². The summed E-state index contributed by atoms with van der Waals surface area (Å²) in [5, 5.41) is 2.97. The first kappa shape index (κ1) is 27.8. The maximum atomic E-state index is 12.6. The van der Waals surface area contributed by atoms with Gasteiger partial charge in [0.15, 0.2) is 0 Å². The number of carbonyl (C=O) groups excluding carboxylic acids is 2. The summed E-state index contributed by atoms with van der Waals surface area (Å²) >= 11 is 1.63. The lowest BCUT2D eigenvalue weighted by Gasteiger charge is -2.10. The van der Waals surface area contributed by atoms with Crippen LogP contribution in [0.2, 0.25) is 0 Å². The van der Waals surface area contributed by atoms with Crippen LogP contribution in [0, 0.1) is 6.92 Å². The van der Waals surface area contributed by atoms with Crippen molar-refractivity contribution in [2.24, 2.45) is 0 Å². The first-order chi connectivity index (χ1) is 17.8. The topological polar surface area (TPSA) is 62.3 Å². The van der Waals surface area contributed by atoms with Crippen LogP contribution in [0.3, 0.4) is 0 Å². The predicted octanol–water partition coefficient (Wildman–Crippen LogP) is 6.37. The molecule has 0 atom stereocenters. The van der Waals surface area contributed by atoms with Crippen molar-refractivity contribution in [2.45, 2.75) is 18.4 Å². The number of benzene rings is 3. The number of aromatic nitrogens is 1. The smallest absolute Gasteiger partial charge is 0.251 e. The number of carbonyl (C=O) groups is 2. The minimum atomic E-state index is -0.113. The predicted molar refractivity (Wildman–Crippen MR) is 154 cm³/mol. The van der Waals surface area contributed by atoms with E-state index in [2.05, 4.69) is 22.4 Å². The van der Waals surface area contributed by atoms with Gasteiger partial charge in [0.1, 0.15) is 6.29 Å². The summed E-state index contributed by atoms with van der Waals surface area (Å²) in [4.78, 5) is 31.1. The quantitative estimate of drug-likeness (QED) is 0.231. The number of aldehydes is 1. The summed E-state index contributed by atoms with van der Waals surface area (Å²) in [6.45, 7) is 2.39. The number of nitrogens with zero attached hydrogens (tertiary/aromatic N) is 2. The second-order valence-electron chi connectivity index (χ2n) is 9.07. The van der Waals surface area contributed by atoms with Gasteiger partial charge in [-0.1, -0.05) is 48.5 Å². The fraction of sp³-hybridized carbons (Fsp3) is 0.194. The minimum absolute atomic E-state index is 0.113. The molecular weight excluding hydrogens is 478 g/mol. The summed E-state index contributed by atoms with van der Waals surface area (Å²) in [6, 6.07) is 25.5. The van der Waals surface area contributed by atoms with Gasteiger partial charge in [-0.25, -0.2) is 0 Å². The average molecular weight is 512 g/mol. The van der Waals surface area contributed by atoms with Gasteiger partial charge in [-0.15, -0.1) is 11.8 Å². The van der Waals surface area contributed by atoms with E-state index in [0.29, 0.717) is 17.7 Å². The minimum Gasteiger partial charge on any atom is -0.346 e. The fourth-order valence-corrected chi connectivity index (χ4v) is 4.26. The fourth-order valence-electron chi connectivity index (χ4n) is 3.62. The van der Waals surface area contributed by atoms with Gasteiger partial charge in [-0.2, -0.15) is 0 Å². The van der Waals surface area contributed by atoms with Crippen molar-refractivity contribution >= 4 is 24.0 Å². The molecular formula is C31H33N3O2S. The lowest BCUT2D eigenvalue weighted by atomic mass is 9.98. The Morgan fingerprint density at radius 3 is 2.19 bits per heavy atom. The highest BCUT2D eigenvalue weighted by atomic mass is 32.2. The second kappa shape index (κ2) is 13.5. The molecule has 1 amide bonds. The maximum absolute atomic E-state index is 12.6. The van der Waals surface area contributed by atoms with Crippen molar-refractivity contribution in [3.63, 3.8) is 0 Å². The van der Waals surface area contributed by atoms with Crippen LogP contribution < -0.4 is 5.32 Å². The van der Waals surface area contributed by atoms with Crippen LogP contribution >= 0.6 is 11.8 Å². The molecule has 0 aliphatic carbocycles. The molecule has 0 fully saturated rings. The molecule has 1 heterocycles. The van der Waals surface area contributed by atoms with E-state index in [1.165, 1.54) is 0 Å². The maximum Gasteiger partial charge on any atom is 0.251 e. The molecule has 6 heteroatoms. The Hall–Kier alpha value is -3.74. The molecule has 0 saturated carbocycles. The Labute approximate surface area is 224 Å². The Balaban J connectivity index is 0.000000886. The summed E-state index contributed by atoms with van der Waals surface area (Å²) < 4.78 is 0. The molecule has 5 nitrogen and oxygen atoms in total. The van der Waals surface area contributed by atoms with E-state index in [4.69, 9.17) is 0 Å². The first-order valence-electron chi connectivity index (χ1n) is 12.0. The third-order valence-corrected chi connectivity index (χ3v) is 6.37. The van der Waals surface area contributed by atoms with Gasteiger partial charge < -0.3 is 10.2 Å². The summed E-state index contributed by atoms with van der Waals surface area (Å²) in [7, 11) is 6.00. The number of pyridine rings is 1. The van der Waals surface area contributed by atoms with Crippen molar-refractivity contribution in [1.29, 1.82) is 0 Å². The molecule has 0 saturated heterocycles. The van der Waals surface area contributed by atoms with Crippen LogP contribution in [0.25, 0.3) is 22.3 Å². The molecule has 37 heavy (non-hydrogen) atoms. The lowest BCUT2D eigenvalue weighted by Crippen LogP contribution is -2.23. The van der Waals surface area contributed by atoms with Gasteiger partial charge in [-0.05, 0) is 92.5 Å². The molecule has 190 valence electrons. The molecule has 1 aromatic heterocycles. The molecule has 4 rings (SSSR count). The number of hydrogen-bond donors (Lipinski definition) is 1. The number of amides is 1. The summed E-state index contributed by atoms with van der Waals surface area (Å²) in [5.41, 5.74) is 7.47. The number of hydrogen-bond acceptors (Lipinski definition) is 5. The van der Waals surface area contributed by atoms with Gasteiger partial charge in [0.05, 0.1) is 12.2 Å². The van der Waals surface area contributed by atoms with Crippen LogP contribution in [-0.2, 0) is 6.54 Å². The summed E-state index contributed by atoms with van der Waals surface area (Å²) in [5.74, 6) is -0.113. The zero-order valence-electron chi connectivity index (χ0n) is 22.0. The van der Waals surface area contributed by atoms with E-state index >= 15 is 0 Å². The second-order valence-corrected chi connectivity index (χ2v) is 9.91. The van der Waals surface area contributed by atoms with Crippen LogP contribution in [0.4, 0.5) is 0 Å². The molecule has 0 unspecified atom stereocenters. The highest BCUT2D eigenvalue weighted by molar-refractivity contribution is 7.98. The molecule has 0 aliphatic heterocycles. The Bertz CT molecular complexity index is 1350. The monoisotopic (exact) mass is 511 g/mol. The molecule has 1 N–H and O–H groups in total. The van der Waals surface area contributed by atoms with Crippen molar-refractivity contribution in [3.8, 4) is 22.3 Å². The Morgan fingerprint density at radius 2 is 1.54 bits per heavy atom. The molecule has 0 aliphatic rings. The van der Waals surface area contributed by atoms with Gasteiger partial charge in [-0.3, -0.25) is 14.6 Å². The molecule has 0 radical (unpaired) electrons. The number of rotatable bonds is 7. The molecule has 0 spiro atoms. The van der Waals surface area contributed by atoms with Crippen molar-refractivity contribution in [1.82, 2.24) is 15.2 Å². The van der Waals surface area contributed by atoms with Crippen LogP contribution in [0.5, 0.6) is 0 Å². The van der Waals surface area contributed by atoms with E-state index in [1.54, 1.807) is 18.0 Å². The van der Waals surface area contributed by atoms with E-state index in [-0.39, 0.29) is 5.91 Å². The molecule has 3 aromatic carbocycles. The Kier molecular flexibility index (Phi) is 10.2. The van der Waals surface area contributed by atoms with Gasteiger partial charge in [0, 0.05) is 22.2 Å². The van der Waals surface area contributed by atoms with Crippen LogP contribution in [-0.4, -0.2) is 49.5 Å². The molecule has 0 bridgehead atoms. The van der Waals surface area contributed by atoms with E-state index in [1.807, 2.05) is 106 Å². The largest absolute Gasteiger partial charge is 0.346 e. The van der Waals surface area contributed by atoms with E-state index < -0.39 is 0 Å². The normalized spacial score (nSPS) is 10.4. The average Bonchev–Trinajstić information content (AvgIpc) is 2.92. The Morgan fingerprint density at radius 1 is 0.892 bits per heavy atom. The van der Waals surface area contributed by atoms with Crippen molar-refractivity contribution < 1.29 is 9.59 Å². The van der Waals surface area contributed by atoms with Gasteiger partial charge >= 0.3 is 0 Å². The highest BCUT2D eigenvalue weighted by Gasteiger charge is 2.09. The SMILES string of the molecule is CN(C)C.CSc1cc(C(=O)NCc2cc(-c3cccc(-c4ccc(C=O)cc4)c3)ccn2)ccc1C. The summed E-state index contributed by atoms with van der Waals surface area (Å²) in [6.07, 6.45) is 4.62. The zero-order valence-corrected chi connectivity index (χ0v) is 22.8. The van der Waals surface area contributed by atoms with Gasteiger partial charge in [0.25, 0.3) is 5.91 Å². The van der Waals surface area contributed by atoms with Crippen molar-refractivity contribution in [2.75, 3.05) is 27.4 Å². The number of aryl methyl sites for hydroxylation is 1. The van der Waals surface area contributed by atoms with Gasteiger partial charge in [0.2, 0.25) is 0 Å². The lowest BCUT2D eigenvalue weighted by molar-refractivity contribution is 0.0950. The van der Waals surface area contributed by atoms with Crippen LogP contribution in [0.1, 0.15) is 32.0 Å². The van der Waals surface area contributed by atoms with Crippen LogP contribution in [0.15, 0.2) is 90.0 Å². The third-order valence-electron chi connectivity index (χ3n) is 5.49. The first-order valence-corrected chi connectivity index (χ1v) is 13.2. The highest BCUT2D eigenvalue weighted by Crippen LogP contribution is 2.27. The van der Waals surface area contributed by atoms with E-state index in [0.717, 1.165) is 44.7 Å². The standard InChI is InChI=1S/C28H24N2O2S.C3H9N/c1-19-6-9-25(16-27(19)33-2)28(32)30-17-26-15-24(12-13-29-26)23-5-3-4-22(14-23)21-10-7-20(18-31)8-11-21;1-4(2)3/h3-16,18H,17H2,1-2H3,(H,30,32);1-3H3. The third kappa shape index (κ3) is 8.13. The number of thioether (sulfide) groups is 1. The number of nitrogens with one attached hydrogen (secondary N) is 1. The molecule has 4 aromatic rings.